The molecule has 25 heavy (non-hydrogen) atoms. The predicted molar refractivity (Wildman–Crippen MR) is 99.8 cm³/mol. The number of thioether (sulfide) groups is 1. The Morgan fingerprint density at radius 2 is 2.04 bits per heavy atom. The van der Waals surface area contributed by atoms with Crippen LogP contribution in [0.15, 0.2) is 52.1 Å². The Kier molecular flexibility index (Phi) is 4.22. The minimum Gasteiger partial charge on any atom is -0.507 e. The van der Waals surface area contributed by atoms with Gasteiger partial charge in [-0.25, -0.2) is 0 Å². The summed E-state index contributed by atoms with van der Waals surface area (Å²) in [6, 6.07) is 12.9. The number of nitrogens with zero attached hydrogens (tertiary/aromatic N) is 3. The maximum atomic E-state index is 10.3. The second-order valence-electron chi connectivity index (χ2n) is 5.34. The highest BCUT2D eigenvalue weighted by Crippen LogP contribution is 2.41. The zero-order chi connectivity index (χ0) is 17.4. The lowest BCUT2D eigenvalue weighted by Gasteiger charge is -2.20. The molecule has 2 heterocycles. The molecular formula is C17H13BrN4O2S. The lowest BCUT2D eigenvalue weighted by molar-refractivity contribution is 0.220. The number of para-hydroxylation sites is 1. The maximum absolute atomic E-state index is 10.3. The highest BCUT2D eigenvalue weighted by atomic mass is 79.9. The largest absolute Gasteiger partial charge is 0.507 e. The van der Waals surface area contributed by atoms with Crippen LogP contribution in [-0.2, 0) is 0 Å². The van der Waals surface area contributed by atoms with Crippen LogP contribution in [-0.4, -0.2) is 26.5 Å². The van der Waals surface area contributed by atoms with Crippen molar-refractivity contribution in [2.24, 2.45) is 0 Å². The molecule has 1 aromatic heterocycles. The summed E-state index contributed by atoms with van der Waals surface area (Å²) in [5, 5.41) is 22.5. The van der Waals surface area contributed by atoms with E-state index in [2.05, 4.69) is 36.4 Å². The van der Waals surface area contributed by atoms with Gasteiger partial charge in [-0.05, 0) is 30.5 Å². The standard InChI is InChI=1S/C17H13BrN4O2S/c1-25-17-20-16-14(21-22-17)10-4-2-3-5-12(10)19-15(24-16)11-8-9(18)6-7-13(11)23/h2-8,15,19,23H,1H3. The number of hydrogen-bond donors (Lipinski definition) is 2. The first kappa shape index (κ1) is 16.2. The molecule has 3 aromatic rings. The van der Waals surface area contributed by atoms with E-state index in [4.69, 9.17) is 4.74 Å². The number of nitrogens with one attached hydrogen (secondary N) is 1. The van der Waals surface area contributed by atoms with Crippen LogP contribution in [0.25, 0.3) is 11.3 Å². The number of phenolic OH excluding ortho intramolecular Hbond substituents is 1. The molecule has 1 unspecified atom stereocenters. The summed E-state index contributed by atoms with van der Waals surface area (Å²) in [4.78, 5) is 4.45. The second kappa shape index (κ2) is 6.53. The molecule has 0 radical (unpaired) electrons. The van der Waals surface area contributed by atoms with Gasteiger partial charge in [-0.2, -0.15) is 4.98 Å². The van der Waals surface area contributed by atoms with Crippen molar-refractivity contribution in [3.63, 3.8) is 0 Å². The normalized spacial score (nSPS) is 15.4. The summed E-state index contributed by atoms with van der Waals surface area (Å²) >= 11 is 4.82. The Bertz CT molecular complexity index is 954. The summed E-state index contributed by atoms with van der Waals surface area (Å²) in [6.07, 6.45) is 1.26. The average molecular weight is 417 g/mol. The molecule has 2 aromatic carbocycles. The van der Waals surface area contributed by atoms with Crippen LogP contribution in [0, 0.1) is 0 Å². The highest BCUT2D eigenvalue weighted by molar-refractivity contribution is 9.10. The number of benzene rings is 2. The van der Waals surface area contributed by atoms with E-state index in [9.17, 15) is 5.11 Å². The third-order valence-corrected chi connectivity index (χ3v) is 4.82. The molecule has 0 fully saturated rings. The van der Waals surface area contributed by atoms with Crippen LogP contribution in [0.4, 0.5) is 5.69 Å². The van der Waals surface area contributed by atoms with E-state index in [-0.39, 0.29) is 5.75 Å². The van der Waals surface area contributed by atoms with Crippen molar-refractivity contribution in [2.75, 3.05) is 11.6 Å². The van der Waals surface area contributed by atoms with Crippen molar-refractivity contribution in [3.05, 3.63) is 52.5 Å². The van der Waals surface area contributed by atoms with E-state index < -0.39 is 6.23 Å². The highest BCUT2D eigenvalue weighted by Gasteiger charge is 2.27. The number of ether oxygens (including phenoxy) is 1. The lowest BCUT2D eigenvalue weighted by Crippen LogP contribution is -2.17. The van der Waals surface area contributed by atoms with Crippen LogP contribution in [0.1, 0.15) is 11.8 Å². The number of fused-ring (bicyclic) bond motifs is 3. The average Bonchev–Trinajstić information content (AvgIpc) is 2.79. The van der Waals surface area contributed by atoms with Crippen molar-refractivity contribution in [1.29, 1.82) is 0 Å². The molecule has 0 saturated heterocycles. The smallest absolute Gasteiger partial charge is 0.247 e. The summed E-state index contributed by atoms with van der Waals surface area (Å²) < 4.78 is 6.93. The fourth-order valence-corrected chi connectivity index (χ4v) is 3.29. The third-order valence-electron chi connectivity index (χ3n) is 3.79. The number of aromatic hydroxyl groups is 1. The Morgan fingerprint density at radius 3 is 2.88 bits per heavy atom. The number of phenols is 1. The molecule has 2 N–H and O–H groups in total. The molecule has 8 heteroatoms. The van der Waals surface area contributed by atoms with Gasteiger partial charge in [-0.3, -0.25) is 0 Å². The number of hydrogen-bond acceptors (Lipinski definition) is 7. The van der Waals surface area contributed by atoms with Crippen LogP contribution >= 0.6 is 27.7 Å². The maximum Gasteiger partial charge on any atom is 0.247 e. The van der Waals surface area contributed by atoms with Gasteiger partial charge in [0.1, 0.15) is 5.75 Å². The number of rotatable bonds is 2. The lowest BCUT2D eigenvalue weighted by atomic mass is 10.1. The van der Waals surface area contributed by atoms with E-state index in [0.717, 1.165) is 15.7 Å². The third kappa shape index (κ3) is 3.03. The van der Waals surface area contributed by atoms with Gasteiger partial charge in [-0.1, -0.05) is 45.9 Å². The SMILES string of the molecule is CSc1nnc2c(n1)OC(c1cc(Br)ccc1O)Nc1ccccc1-2. The Labute approximate surface area is 156 Å². The summed E-state index contributed by atoms with van der Waals surface area (Å²) in [7, 11) is 0. The van der Waals surface area contributed by atoms with Gasteiger partial charge < -0.3 is 15.2 Å². The Balaban J connectivity index is 1.89. The van der Waals surface area contributed by atoms with Gasteiger partial charge in [0, 0.05) is 15.7 Å². The molecule has 6 nitrogen and oxygen atoms in total. The number of anilines is 1. The van der Waals surface area contributed by atoms with Crippen molar-refractivity contribution >= 4 is 33.4 Å². The molecule has 1 aliphatic rings. The summed E-state index contributed by atoms with van der Waals surface area (Å²) in [6.45, 7) is 0. The van der Waals surface area contributed by atoms with Gasteiger partial charge in [-0.15, -0.1) is 10.2 Å². The van der Waals surface area contributed by atoms with Crippen molar-refractivity contribution in [2.45, 2.75) is 11.4 Å². The molecule has 0 saturated carbocycles. The van der Waals surface area contributed by atoms with E-state index in [1.54, 1.807) is 12.1 Å². The molecule has 1 aliphatic heterocycles. The molecule has 0 aliphatic carbocycles. The molecule has 126 valence electrons. The van der Waals surface area contributed by atoms with E-state index in [1.165, 1.54) is 11.8 Å². The van der Waals surface area contributed by atoms with E-state index in [1.807, 2.05) is 36.6 Å². The fourth-order valence-electron chi connectivity index (χ4n) is 2.61. The molecule has 0 spiro atoms. The van der Waals surface area contributed by atoms with Crippen LogP contribution < -0.4 is 10.1 Å². The van der Waals surface area contributed by atoms with Gasteiger partial charge >= 0.3 is 0 Å². The zero-order valence-electron chi connectivity index (χ0n) is 13.1. The topological polar surface area (TPSA) is 80.2 Å². The van der Waals surface area contributed by atoms with Crippen molar-refractivity contribution < 1.29 is 9.84 Å². The minimum absolute atomic E-state index is 0.133. The van der Waals surface area contributed by atoms with Gasteiger partial charge in [0.05, 0.1) is 5.56 Å². The van der Waals surface area contributed by atoms with Crippen LogP contribution in [0.3, 0.4) is 0 Å². The van der Waals surface area contributed by atoms with Crippen LogP contribution in [0.2, 0.25) is 0 Å². The van der Waals surface area contributed by atoms with E-state index in [0.29, 0.717) is 22.3 Å². The molecule has 4 rings (SSSR count). The first-order chi connectivity index (χ1) is 12.2. The molecule has 0 bridgehead atoms. The number of halogens is 1. The first-order valence-corrected chi connectivity index (χ1v) is 9.47. The fraction of sp³-hybridized carbons (Fsp3) is 0.118. The Hall–Kier alpha value is -2.32. The first-order valence-electron chi connectivity index (χ1n) is 7.45. The van der Waals surface area contributed by atoms with Gasteiger partial charge in [0.25, 0.3) is 0 Å². The monoisotopic (exact) mass is 416 g/mol. The molecule has 1 atom stereocenters. The van der Waals surface area contributed by atoms with Crippen molar-refractivity contribution in [3.8, 4) is 22.9 Å². The second-order valence-corrected chi connectivity index (χ2v) is 7.03. The zero-order valence-corrected chi connectivity index (χ0v) is 15.5. The quantitative estimate of drug-likeness (QED) is 0.604. The Morgan fingerprint density at radius 1 is 1.20 bits per heavy atom. The van der Waals surface area contributed by atoms with Gasteiger partial charge in [0.2, 0.25) is 17.3 Å². The molecule has 0 amide bonds. The van der Waals surface area contributed by atoms with Crippen LogP contribution in [0.5, 0.6) is 11.6 Å². The summed E-state index contributed by atoms with van der Waals surface area (Å²) in [5.74, 6) is 0.509. The molecular weight excluding hydrogens is 404 g/mol. The minimum atomic E-state index is -0.619. The van der Waals surface area contributed by atoms with E-state index >= 15 is 0 Å². The predicted octanol–water partition coefficient (Wildman–Crippen LogP) is 4.23. The van der Waals surface area contributed by atoms with Gasteiger partial charge in [0.15, 0.2) is 5.69 Å². The summed E-state index contributed by atoms with van der Waals surface area (Å²) in [5.41, 5.74) is 2.85. The number of aromatic nitrogens is 3. The van der Waals surface area contributed by atoms with Crippen molar-refractivity contribution in [1.82, 2.24) is 15.2 Å².